The lowest BCUT2D eigenvalue weighted by Crippen LogP contribution is -2.59. The molecule has 0 aromatic heterocycles. The molecule has 1 fully saturated rings. The van der Waals surface area contributed by atoms with Gasteiger partial charge in [-0.2, -0.15) is 0 Å². The lowest BCUT2D eigenvalue weighted by atomic mass is 9.95. The van der Waals surface area contributed by atoms with Gasteiger partial charge in [0.2, 0.25) is 11.8 Å². The predicted molar refractivity (Wildman–Crippen MR) is 126 cm³/mol. The summed E-state index contributed by atoms with van der Waals surface area (Å²) in [4.78, 5) is 41.5. The van der Waals surface area contributed by atoms with Crippen molar-refractivity contribution < 1.29 is 19.5 Å². The molecule has 2 aliphatic rings. The van der Waals surface area contributed by atoms with Gasteiger partial charge in [0.15, 0.2) is 0 Å². The Hall–Kier alpha value is -2.06. The summed E-state index contributed by atoms with van der Waals surface area (Å²) in [6.45, 7) is 11.5. The molecule has 7 nitrogen and oxygen atoms in total. The number of benzene rings is 1. The molecule has 3 N–H and O–H groups in total. The maximum absolute atomic E-state index is 13.6. The molecule has 32 heavy (non-hydrogen) atoms. The van der Waals surface area contributed by atoms with Gasteiger partial charge in [-0.15, -0.1) is 11.8 Å². The number of carbonyl (C=O) groups excluding carboxylic acids is 3. The molecule has 1 aromatic rings. The zero-order chi connectivity index (χ0) is 23.8. The van der Waals surface area contributed by atoms with Gasteiger partial charge in [0.1, 0.15) is 17.5 Å². The topological polar surface area (TPSA) is 98.7 Å². The van der Waals surface area contributed by atoms with Crippen LogP contribution in [-0.4, -0.2) is 57.2 Å². The van der Waals surface area contributed by atoms with E-state index in [1.54, 1.807) is 22.7 Å². The number of carbonyl (C=O) groups is 3. The van der Waals surface area contributed by atoms with Crippen LogP contribution in [0, 0.1) is 11.8 Å². The van der Waals surface area contributed by atoms with Crippen molar-refractivity contribution in [3.05, 3.63) is 35.4 Å². The molecule has 3 rings (SSSR count). The van der Waals surface area contributed by atoms with Crippen molar-refractivity contribution in [3.63, 3.8) is 0 Å². The normalized spacial score (nSPS) is 24.0. The molecular formula is C24H35N3O4S. The molecule has 1 saturated heterocycles. The van der Waals surface area contributed by atoms with Crippen LogP contribution in [0.3, 0.4) is 0 Å². The maximum atomic E-state index is 13.6. The van der Waals surface area contributed by atoms with E-state index in [4.69, 9.17) is 0 Å². The smallest absolute Gasteiger partial charge is 0.256 e. The molecular weight excluding hydrogens is 426 g/mol. The molecule has 3 amide bonds. The van der Waals surface area contributed by atoms with Crippen molar-refractivity contribution in [3.8, 4) is 0 Å². The lowest BCUT2D eigenvalue weighted by Gasteiger charge is -2.33. The van der Waals surface area contributed by atoms with Crippen LogP contribution in [0.15, 0.2) is 24.3 Å². The Morgan fingerprint density at radius 2 is 1.84 bits per heavy atom. The maximum Gasteiger partial charge on any atom is 0.256 e. The Morgan fingerprint density at radius 1 is 1.19 bits per heavy atom. The van der Waals surface area contributed by atoms with Crippen LogP contribution in [-0.2, 0) is 9.59 Å². The number of nitrogens with one attached hydrogen (secondary N) is 2. The monoisotopic (exact) mass is 461 g/mol. The summed E-state index contributed by atoms with van der Waals surface area (Å²) in [5, 5.41) is 15.2. The summed E-state index contributed by atoms with van der Waals surface area (Å²) in [5.41, 5.74) is 1.57. The molecule has 2 aliphatic heterocycles. The number of thioether (sulfide) groups is 1. The largest absolute Gasteiger partial charge is 0.394 e. The summed E-state index contributed by atoms with van der Waals surface area (Å²) in [6, 6.07) is 5.65. The molecule has 2 heterocycles. The van der Waals surface area contributed by atoms with Crippen molar-refractivity contribution in [2.45, 2.75) is 76.2 Å². The van der Waals surface area contributed by atoms with Gasteiger partial charge in [0, 0.05) is 10.3 Å². The Labute approximate surface area is 194 Å². The van der Waals surface area contributed by atoms with Gasteiger partial charge >= 0.3 is 0 Å². The highest BCUT2D eigenvalue weighted by Gasteiger charge is 2.57. The summed E-state index contributed by atoms with van der Waals surface area (Å²) >= 11 is 1.60. The van der Waals surface area contributed by atoms with Gasteiger partial charge < -0.3 is 20.6 Å². The molecule has 0 bridgehead atoms. The lowest BCUT2D eigenvalue weighted by molar-refractivity contribution is -0.133. The first-order valence-corrected chi connectivity index (χ1v) is 12.2. The van der Waals surface area contributed by atoms with E-state index in [0.29, 0.717) is 12.0 Å². The first kappa shape index (κ1) is 24.6. The Bertz CT molecular complexity index is 888. The van der Waals surface area contributed by atoms with E-state index in [0.717, 1.165) is 5.56 Å². The highest BCUT2D eigenvalue weighted by Crippen LogP contribution is 2.56. The number of nitrogens with zero attached hydrogens (tertiary/aromatic N) is 1. The second kappa shape index (κ2) is 9.43. The zero-order valence-corrected chi connectivity index (χ0v) is 20.5. The first-order chi connectivity index (χ1) is 15.0. The van der Waals surface area contributed by atoms with E-state index < -0.39 is 16.8 Å². The van der Waals surface area contributed by atoms with Gasteiger partial charge in [-0.05, 0) is 37.3 Å². The summed E-state index contributed by atoms with van der Waals surface area (Å²) < 4.78 is -0.514. The molecule has 0 aliphatic carbocycles. The van der Waals surface area contributed by atoms with Crippen LogP contribution < -0.4 is 10.6 Å². The van der Waals surface area contributed by atoms with Crippen molar-refractivity contribution in [1.29, 1.82) is 0 Å². The molecule has 5 atom stereocenters. The average molecular weight is 462 g/mol. The molecule has 1 aromatic carbocycles. The third kappa shape index (κ3) is 4.39. The Balaban J connectivity index is 1.84. The molecule has 8 heteroatoms. The summed E-state index contributed by atoms with van der Waals surface area (Å²) in [5.74, 6) is -0.824. The fraction of sp³-hybridized carbons (Fsp3) is 0.625. The number of rotatable bonds is 8. The zero-order valence-electron chi connectivity index (χ0n) is 19.7. The predicted octanol–water partition coefficient (Wildman–Crippen LogP) is 2.70. The van der Waals surface area contributed by atoms with E-state index in [2.05, 4.69) is 10.6 Å². The number of aliphatic hydroxyl groups excluding tert-OH is 1. The van der Waals surface area contributed by atoms with Crippen LogP contribution >= 0.6 is 11.8 Å². The van der Waals surface area contributed by atoms with Gasteiger partial charge in [-0.1, -0.05) is 52.3 Å². The van der Waals surface area contributed by atoms with Crippen LogP contribution in [0.25, 0.3) is 0 Å². The fourth-order valence-corrected chi connectivity index (χ4v) is 6.02. The third-order valence-electron chi connectivity index (χ3n) is 6.67. The molecule has 0 radical (unpaired) electrons. The summed E-state index contributed by atoms with van der Waals surface area (Å²) in [7, 11) is 0. The number of hydrogen-bond donors (Lipinski definition) is 3. The second-order valence-electron chi connectivity index (χ2n) is 9.69. The van der Waals surface area contributed by atoms with Crippen molar-refractivity contribution in [1.82, 2.24) is 15.5 Å². The average Bonchev–Trinajstić information content (AvgIpc) is 3.18. The number of hydrogen-bond acceptors (Lipinski definition) is 5. The molecule has 0 saturated carbocycles. The quantitative estimate of drug-likeness (QED) is 0.553. The van der Waals surface area contributed by atoms with Crippen LogP contribution in [0.5, 0.6) is 0 Å². The SMILES string of the molecule is CC[C@@H](C)[C@H](NC(=O)[C@H]1N2C(=O)c3ccccc3[C@@H]2SC1(C)C)C(=O)N[C@H](CO)C(C)C. The first-order valence-electron chi connectivity index (χ1n) is 11.3. The van der Waals surface area contributed by atoms with Gasteiger partial charge in [-0.25, -0.2) is 0 Å². The highest BCUT2D eigenvalue weighted by molar-refractivity contribution is 8.01. The van der Waals surface area contributed by atoms with E-state index in [-0.39, 0.29) is 47.6 Å². The minimum atomic E-state index is -0.750. The van der Waals surface area contributed by atoms with Crippen LogP contribution in [0.1, 0.15) is 69.3 Å². The van der Waals surface area contributed by atoms with Crippen LogP contribution in [0.2, 0.25) is 0 Å². The number of amides is 3. The molecule has 0 spiro atoms. The fourth-order valence-electron chi connectivity index (χ4n) is 4.43. The number of fused-ring (bicyclic) bond motifs is 3. The highest BCUT2D eigenvalue weighted by atomic mass is 32.2. The van der Waals surface area contributed by atoms with E-state index >= 15 is 0 Å². The third-order valence-corrected chi connectivity index (χ3v) is 8.20. The van der Waals surface area contributed by atoms with Crippen molar-refractivity contribution in [2.24, 2.45) is 11.8 Å². The summed E-state index contributed by atoms with van der Waals surface area (Å²) in [6.07, 6.45) is 0.698. The molecule has 176 valence electrons. The van der Waals surface area contributed by atoms with Gasteiger partial charge in [0.25, 0.3) is 5.91 Å². The van der Waals surface area contributed by atoms with Crippen molar-refractivity contribution in [2.75, 3.05) is 6.61 Å². The van der Waals surface area contributed by atoms with Gasteiger partial charge in [-0.3, -0.25) is 14.4 Å². The molecule has 0 unspecified atom stereocenters. The Kier molecular flexibility index (Phi) is 7.25. The van der Waals surface area contributed by atoms with Crippen molar-refractivity contribution >= 4 is 29.5 Å². The van der Waals surface area contributed by atoms with E-state index in [1.807, 2.05) is 59.7 Å². The second-order valence-corrected chi connectivity index (χ2v) is 11.4. The van der Waals surface area contributed by atoms with E-state index in [9.17, 15) is 19.5 Å². The number of aliphatic hydroxyl groups is 1. The van der Waals surface area contributed by atoms with Gasteiger partial charge in [0.05, 0.1) is 12.6 Å². The standard InChI is InChI=1S/C24H35N3O4S/c1-7-14(4)18(20(29)25-17(12-28)13(2)3)26-21(30)19-24(5,6)32-23-16-11-9-8-10-15(16)22(31)27(19)23/h8-11,13-14,17-19,23,28H,7,12H2,1-6H3,(H,25,29)(H,26,30)/t14-,17-,18+,19-,23+/m1/s1. The van der Waals surface area contributed by atoms with Crippen LogP contribution in [0.4, 0.5) is 0 Å². The Morgan fingerprint density at radius 3 is 2.44 bits per heavy atom. The minimum Gasteiger partial charge on any atom is -0.394 e. The van der Waals surface area contributed by atoms with E-state index in [1.165, 1.54) is 0 Å². The minimum absolute atomic E-state index is 0.0592.